The smallest absolute Gasteiger partial charge is 0.314 e. The van der Waals surface area contributed by atoms with Crippen LogP contribution in [0, 0.1) is 0 Å². The minimum Gasteiger partial charge on any atom is -0.395 e. The molecule has 1 aliphatic rings. The highest BCUT2D eigenvalue weighted by Gasteiger charge is 2.25. The maximum atomic E-state index is 13.3. The monoisotopic (exact) mass is 663 g/mol. The summed E-state index contributed by atoms with van der Waals surface area (Å²) in [7, 11) is 2.01. The number of nitrogens with one attached hydrogen (secondary N) is 3. The SMILES string of the molecule is CCc1nc2c(cnn2CC)c(NC2CCN(C(N)=O)CC2)c1CNC(=O)c1ccc(NC(=O)CCCCCCCN(C)CCO)cc1. The number of aromatic nitrogens is 3. The first-order chi connectivity index (χ1) is 23.2. The van der Waals surface area contributed by atoms with Crippen LogP contribution in [-0.4, -0.2) is 93.4 Å². The van der Waals surface area contributed by atoms with Crippen LogP contribution in [0.1, 0.15) is 86.8 Å². The van der Waals surface area contributed by atoms with Gasteiger partial charge in [-0.25, -0.2) is 14.5 Å². The van der Waals surface area contributed by atoms with Crippen molar-refractivity contribution in [3.05, 3.63) is 47.3 Å². The number of nitrogens with zero attached hydrogens (tertiary/aromatic N) is 5. The summed E-state index contributed by atoms with van der Waals surface area (Å²) < 4.78 is 1.88. The fourth-order valence-corrected chi connectivity index (χ4v) is 6.18. The van der Waals surface area contributed by atoms with Crippen molar-refractivity contribution >= 4 is 40.3 Å². The average molecular weight is 664 g/mol. The van der Waals surface area contributed by atoms with Crippen LogP contribution < -0.4 is 21.7 Å². The number of amides is 4. The van der Waals surface area contributed by atoms with Crippen LogP contribution in [0.2, 0.25) is 0 Å². The van der Waals surface area contributed by atoms with Gasteiger partial charge in [0.1, 0.15) is 0 Å². The number of aliphatic hydroxyl groups excluding tert-OH is 1. The van der Waals surface area contributed by atoms with Crippen molar-refractivity contribution in [2.45, 2.75) is 90.8 Å². The minimum absolute atomic E-state index is 0.0309. The predicted molar refractivity (Wildman–Crippen MR) is 189 cm³/mol. The van der Waals surface area contributed by atoms with Crippen LogP contribution in [0.25, 0.3) is 11.0 Å². The van der Waals surface area contributed by atoms with E-state index in [-0.39, 0.29) is 31.0 Å². The second-order valence-electron chi connectivity index (χ2n) is 12.6. The number of likely N-dealkylation sites (N-methyl/N-ethyl adjacent to an activating group) is 1. The Balaban J connectivity index is 1.32. The molecule has 1 fully saturated rings. The minimum atomic E-state index is -0.395. The molecule has 3 heterocycles. The Morgan fingerprint density at radius 1 is 1.02 bits per heavy atom. The zero-order valence-electron chi connectivity index (χ0n) is 28.8. The molecule has 13 heteroatoms. The summed E-state index contributed by atoms with van der Waals surface area (Å²) in [5.41, 5.74) is 10.2. The third kappa shape index (κ3) is 10.1. The highest BCUT2D eigenvalue weighted by molar-refractivity contribution is 5.96. The first-order valence-electron chi connectivity index (χ1n) is 17.4. The summed E-state index contributed by atoms with van der Waals surface area (Å²) in [6.07, 6.45) is 9.63. The molecule has 48 heavy (non-hydrogen) atoms. The van der Waals surface area contributed by atoms with Crippen LogP contribution in [-0.2, 0) is 24.3 Å². The van der Waals surface area contributed by atoms with Crippen LogP contribution >= 0.6 is 0 Å². The summed E-state index contributed by atoms with van der Waals surface area (Å²) >= 11 is 0. The van der Waals surface area contributed by atoms with Crippen molar-refractivity contribution in [3.63, 3.8) is 0 Å². The van der Waals surface area contributed by atoms with E-state index in [9.17, 15) is 14.4 Å². The highest BCUT2D eigenvalue weighted by Crippen LogP contribution is 2.31. The zero-order chi connectivity index (χ0) is 34.5. The Morgan fingerprint density at radius 3 is 2.40 bits per heavy atom. The van der Waals surface area contributed by atoms with Gasteiger partial charge in [-0.05, 0) is 76.9 Å². The number of likely N-dealkylation sites (tertiary alicyclic amines) is 1. The van der Waals surface area contributed by atoms with Crippen LogP contribution in [0.4, 0.5) is 16.2 Å². The van der Waals surface area contributed by atoms with Crippen molar-refractivity contribution in [1.29, 1.82) is 0 Å². The first-order valence-corrected chi connectivity index (χ1v) is 17.4. The van der Waals surface area contributed by atoms with Crippen LogP contribution in [0.15, 0.2) is 30.5 Å². The van der Waals surface area contributed by atoms with Gasteiger partial charge < -0.3 is 36.6 Å². The van der Waals surface area contributed by atoms with Crippen molar-refractivity contribution in [3.8, 4) is 0 Å². The third-order valence-corrected chi connectivity index (χ3v) is 9.04. The number of aliphatic hydroxyl groups is 1. The molecule has 0 unspecified atom stereocenters. The molecule has 2 aromatic heterocycles. The molecular formula is C35H53N9O4. The molecule has 1 aromatic carbocycles. The number of benzene rings is 1. The topological polar surface area (TPSA) is 171 Å². The summed E-state index contributed by atoms with van der Waals surface area (Å²) in [4.78, 5) is 46.1. The number of urea groups is 1. The number of hydrogen-bond acceptors (Lipinski definition) is 8. The lowest BCUT2D eigenvalue weighted by atomic mass is 10.0. The Hall–Kier alpha value is -4.23. The molecule has 0 atom stereocenters. The Bertz CT molecular complexity index is 1500. The van der Waals surface area contributed by atoms with Gasteiger partial charge in [-0.3, -0.25) is 9.59 Å². The Kier molecular flexibility index (Phi) is 14.0. The fraction of sp³-hybridized carbons (Fsp3) is 0.571. The van der Waals surface area contributed by atoms with Gasteiger partial charge in [-0.15, -0.1) is 0 Å². The molecule has 262 valence electrons. The quantitative estimate of drug-likeness (QED) is 0.127. The van der Waals surface area contributed by atoms with E-state index < -0.39 is 6.03 Å². The van der Waals surface area contributed by atoms with Crippen LogP contribution in [0.3, 0.4) is 0 Å². The molecule has 4 rings (SSSR count). The maximum absolute atomic E-state index is 13.3. The third-order valence-electron chi connectivity index (χ3n) is 9.04. The highest BCUT2D eigenvalue weighted by atomic mass is 16.3. The molecule has 6 N–H and O–H groups in total. The number of rotatable bonds is 18. The van der Waals surface area contributed by atoms with Crippen molar-refractivity contribution in [1.82, 2.24) is 29.9 Å². The van der Waals surface area contributed by atoms with E-state index in [2.05, 4.69) is 32.9 Å². The Labute approximate surface area is 283 Å². The van der Waals surface area contributed by atoms with Crippen molar-refractivity contribution in [2.75, 3.05) is 50.5 Å². The number of fused-ring (bicyclic) bond motifs is 1. The number of pyridine rings is 1. The van der Waals surface area contributed by atoms with E-state index in [1.54, 1.807) is 29.2 Å². The van der Waals surface area contributed by atoms with Gasteiger partial charge in [-0.2, -0.15) is 5.10 Å². The van der Waals surface area contributed by atoms with Crippen molar-refractivity contribution < 1.29 is 19.5 Å². The number of carbonyl (C=O) groups is 3. The molecule has 0 aliphatic carbocycles. The summed E-state index contributed by atoms with van der Waals surface area (Å²) in [6, 6.07) is 6.69. The summed E-state index contributed by atoms with van der Waals surface area (Å²) in [5, 5.41) is 24.2. The van der Waals surface area contributed by atoms with Gasteiger partial charge in [-0.1, -0.05) is 26.2 Å². The number of anilines is 2. The number of carbonyl (C=O) groups excluding carboxylic acids is 3. The zero-order valence-corrected chi connectivity index (χ0v) is 28.8. The van der Waals surface area contributed by atoms with Gasteiger partial charge in [0, 0.05) is 67.7 Å². The largest absolute Gasteiger partial charge is 0.395 e. The van der Waals surface area contributed by atoms with E-state index >= 15 is 0 Å². The number of nitrogens with two attached hydrogens (primary N) is 1. The van der Waals surface area contributed by atoms with Crippen LogP contribution in [0.5, 0.6) is 0 Å². The van der Waals surface area contributed by atoms with Gasteiger partial charge in [0.05, 0.1) is 23.9 Å². The van der Waals surface area contributed by atoms with Gasteiger partial charge in [0.15, 0.2) is 5.65 Å². The molecule has 1 aliphatic heterocycles. The molecule has 3 aromatic rings. The molecule has 4 amide bonds. The van der Waals surface area contributed by atoms with Gasteiger partial charge >= 0.3 is 6.03 Å². The standard InChI is InChI=1S/C35H53N9O4/c1-4-30-28(32(29-24-38-44(5-2)33(29)41-30)40-27-16-19-43(20-17-27)35(36)48)23-37-34(47)25-12-14-26(15-13-25)39-31(46)11-9-7-6-8-10-18-42(3)21-22-45/h12-15,24,27,45H,4-11,16-23H2,1-3H3,(H2,36,48)(H,37,47)(H,39,46)(H,40,41). The van der Waals surface area contributed by atoms with Gasteiger partial charge in [0.25, 0.3) is 5.91 Å². The molecular weight excluding hydrogens is 610 g/mol. The van der Waals surface area contributed by atoms with E-state index in [1.165, 1.54) is 0 Å². The van der Waals surface area contributed by atoms with E-state index in [1.807, 2.05) is 24.9 Å². The average Bonchev–Trinajstić information content (AvgIpc) is 3.50. The normalized spacial score (nSPS) is 13.6. The molecule has 0 radical (unpaired) electrons. The number of piperidine rings is 1. The lowest BCUT2D eigenvalue weighted by molar-refractivity contribution is -0.116. The van der Waals surface area contributed by atoms with E-state index in [0.717, 1.165) is 79.5 Å². The summed E-state index contributed by atoms with van der Waals surface area (Å²) in [5.74, 6) is -0.251. The maximum Gasteiger partial charge on any atom is 0.314 e. The number of aryl methyl sites for hydroxylation is 2. The second-order valence-corrected chi connectivity index (χ2v) is 12.6. The second kappa shape index (κ2) is 18.3. The van der Waals surface area contributed by atoms with E-state index in [4.69, 9.17) is 15.8 Å². The fourth-order valence-electron chi connectivity index (χ4n) is 6.18. The molecule has 0 spiro atoms. The number of hydrogen-bond donors (Lipinski definition) is 5. The van der Waals surface area contributed by atoms with Crippen molar-refractivity contribution in [2.24, 2.45) is 5.73 Å². The molecule has 13 nitrogen and oxygen atoms in total. The molecule has 0 bridgehead atoms. The Morgan fingerprint density at radius 2 is 1.73 bits per heavy atom. The first kappa shape index (κ1) is 36.6. The molecule has 0 saturated carbocycles. The predicted octanol–water partition coefficient (Wildman–Crippen LogP) is 4.10. The number of unbranched alkanes of at least 4 members (excludes halogenated alkanes) is 4. The van der Waals surface area contributed by atoms with E-state index in [0.29, 0.717) is 50.3 Å². The molecule has 1 saturated heterocycles. The number of primary amides is 1. The lowest BCUT2D eigenvalue weighted by Crippen LogP contribution is -2.44. The summed E-state index contributed by atoms with van der Waals surface area (Å²) in [6.45, 7) is 8.09. The van der Waals surface area contributed by atoms with Gasteiger partial charge in [0.2, 0.25) is 5.91 Å². The lowest BCUT2D eigenvalue weighted by Gasteiger charge is -2.32.